The first-order valence-electron chi connectivity index (χ1n) is 6.92. The summed E-state index contributed by atoms with van der Waals surface area (Å²) in [4.78, 5) is 46.7. The Bertz CT molecular complexity index is 812. The van der Waals surface area contributed by atoms with E-state index in [1.165, 1.54) is 37.4 Å². The predicted octanol–water partition coefficient (Wildman–Crippen LogP) is 2.28. The number of carbonyl (C=O) groups excluding carboxylic acids is 4. The monoisotopic (exact) mass is 362 g/mol. The first-order chi connectivity index (χ1) is 12.0. The maximum atomic E-state index is 12.3. The highest BCUT2D eigenvalue weighted by Crippen LogP contribution is 2.24. The Morgan fingerprint density at radius 3 is 2.12 bits per heavy atom. The molecule has 9 heteroatoms. The van der Waals surface area contributed by atoms with E-state index in [9.17, 15) is 19.2 Å². The molecule has 25 heavy (non-hydrogen) atoms. The third-order valence-electron chi connectivity index (χ3n) is 3.11. The van der Waals surface area contributed by atoms with Crippen LogP contribution in [0.5, 0.6) is 0 Å². The second-order valence-corrected chi connectivity index (χ2v) is 5.55. The zero-order valence-electron chi connectivity index (χ0n) is 13.3. The van der Waals surface area contributed by atoms with Crippen LogP contribution < -0.4 is 10.6 Å². The number of benzene rings is 1. The third kappa shape index (κ3) is 4.42. The minimum absolute atomic E-state index is 0.134. The minimum Gasteiger partial charge on any atom is -0.465 e. The number of thiophene rings is 1. The molecule has 0 saturated carbocycles. The van der Waals surface area contributed by atoms with Crippen molar-refractivity contribution in [3.63, 3.8) is 0 Å². The average molecular weight is 362 g/mol. The maximum absolute atomic E-state index is 12.3. The summed E-state index contributed by atoms with van der Waals surface area (Å²) in [5.74, 6) is -1.66. The molecule has 2 N–H and O–H groups in total. The molecular formula is C16H14N2O6S. The summed E-state index contributed by atoms with van der Waals surface area (Å²) in [5, 5.41) is 6.49. The summed E-state index contributed by atoms with van der Waals surface area (Å²) < 4.78 is 8.94. The van der Waals surface area contributed by atoms with Crippen LogP contribution in [-0.4, -0.2) is 38.1 Å². The number of hydrogen-bond donors (Lipinski definition) is 2. The summed E-state index contributed by atoms with van der Waals surface area (Å²) in [5.41, 5.74) is 0.739. The van der Waals surface area contributed by atoms with Crippen molar-refractivity contribution in [3.05, 3.63) is 52.4 Å². The summed E-state index contributed by atoms with van der Waals surface area (Å²) in [6.45, 7) is 0. The van der Waals surface area contributed by atoms with E-state index < -0.39 is 23.9 Å². The van der Waals surface area contributed by atoms with Crippen LogP contribution in [0.15, 0.2) is 35.7 Å². The molecule has 0 unspecified atom stereocenters. The van der Waals surface area contributed by atoms with Crippen molar-refractivity contribution in [2.24, 2.45) is 0 Å². The van der Waals surface area contributed by atoms with Crippen molar-refractivity contribution in [1.29, 1.82) is 0 Å². The Morgan fingerprint density at radius 2 is 1.52 bits per heavy atom. The van der Waals surface area contributed by atoms with E-state index in [2.05, 4.69) is 14.8 Å². The largest absolute Gasteiger partial charge is 0.465 e. The van der Waals surface area contributed by atoms with E-state index in [0.29, 0.717) is 11.1 Å². The van der Waals surface area contributed by atoms with Crippen molar-refractivity contribution >= 4 is 40.2 Å². The highest BCUT2D eigenvalue weighted by atomic mass is 32.1. The van der Waals surface area contributed by atoms with Crippen LogP contribution in [0.4, 0.5) is 9.80 Å². The van der Waals surface area contributed by atoms with Gasteiger partial charge in [-0.25, -0.2) is 9.59 Å². The van der Waals surface area contributed by atoms with E-state index in [-0.39, 0.29) is 10.6 Å². The van der Waals surface area contributed by atoms with Crippen molar-refractivity contribution in [2.75, 3.05) is 19.5 Å². The smallest absolute Gasteiger partial charge is 0.413 e. The molecule has 0 saturated heterocycles. The van der Waals surface area contributed by atoms with Gasteiger partial charge in [0.25, 0.3) is 11.8 Å². The van der Waals surface area contributed by atoms with Gasteiger partial charge in [-0.2, -0.15) is 0 Å². The van der Waals surface area contributed by atoms with Gasteiger partial charge in [-0.05, 0) is 35.7 Å². The van der Waals surface area contributed by atoms with Crippen LogP contribution >= 0.6 is 11.3 Å². The number of esters is 1. The number of methoxy groups -OCH3 is 2. The minimum atomic E-state index is -0.896. The molecule has 0 radical (unpaired) electrons. The van der Waals surface area contributed by atoms with Crippen LogP contribution in [0.2, 0.25) is 0 Å². The molecule has 130 valence electrons. The van der Waals surface area contributed by atoms with Crippen LogP contribution in [0.3, 0.4) is 0 Å². The second kappa shape index (κ2) is 8.06. The molecule has 0 aliphatic carbocycles. The Kier molecular flexibility index (Phi) is 5.85. The van der Waals surface area contributed by atoms with Crippen molar-refractivity contribution < 1.29 is 28.7 Å². The molecule has 3 amide bonds. The van der Waals surface area contributed by atoms with Gasteiger partial charge in [-0.15, -0.1) is 11.3 Å². The van der Waals surface area contributed by atoms with Crippen LogP contribution in [0, 0.1) is 0 Å². The predicted molar refractivity (Wildman–Crippen MR) is 89.9 cm³/mol. The van der Waals surface area contributed by atoms with E-state index in [0.717, 1.165) is 18.4 Å². The van der Waals surface area contributed by atoms with E-state index in [1.54, 1.807) is 5.38 Å². The normalized spacial score (nSPS) is 9.84. The lowest BCUT2D eigenvalue weighted by atomic mass is 10.1. The van der Waals surface area contributed by atoms with Gasteiger partial charge >= 0.3 is 12.1 Å². The molecule has 0 fully saturated rings. The molecule has 2 aromatic rings. The van der Waals surface area contributed by atoms with E-state index in [4.69, 9.17) is 0 Å². The topological polar surface area (TPSA) is 111 Å². The second-order valence-electron chi connectivity index (χ2n) is 4.63. The summed E-state index contributed by atoms with van der Waals surface area (Å²) in [7, 11) is 2.40. The lowest BCUT2D eigenvalue weighted by Gasteiger charge is -2.07. The molecule has 8 nitrogen and oxygen atoms in total. The van der Waals surface area contributed by atoms with Gasteiger partial charge in [0.05, 0.1) is 25.3 Å². The van der Waals surface area contributed by atoms with E-state index in [1.807, 2.05) is 5.32 Å². The van der Waals surface area contributed by atoms with Gasteiger partial charge in [0.2, 0.25) is 0 Å². The Labute approximate surface area is 146 Å². The van der Waals surface area contributed by atoms with Crippen LogP contribution in [0.25, 0.3) is 0 Å². The van der Waals surface area contributed by atoms with Gasteiger partial charge < -0.3 is 14.8 Å². The lowest BCUT2D eigenvalue weighted by molar-refractivity contribution is 0.0600. The van der Waals surface area contributed by atoms with Crippen molar-refractivity contribution in [3.8, 4) is 0 Å². The molecule has 0 atom stereocenters. The number of rotatable bonds is 4. The SMILES string of the molecule is COC(=O)NC(=O)c1ccsc1NC(=O)c1ccc(C(=O)OC)cc1. The molecule has 1 aromatic carbocycles. The highest BCUT2D eigenvalue weighted by Gasteiger charge is 2.18. The number of amides is 3. The number of nitrogens with one attached hydrogen (secondary N) is 2. The highest BCUT2D eigenvalue weighted by molar-refractivity contribution is 7.14. The number of hydrogen-bond acceptors (Lipinski definition) is 7. The number of alkyl carbamates (subject to hydrolysis) is 1. The fourth-order valence-electron chi connectivity index (χ4n) is 1.85. The van der Waals surface area contributed by atoms with E-state index >= 15 is 0 Å². The first-order valence-corrected chi connectivity index (χ1v) is 7.80. The van der Waals surface area contributed by atoms with Crippen LogP contribution in [-0.2, 0) is 9.47 Å². The van der Waals surface area contributed by atoms with Gasteiger partial charge in [-0.3, -0.25) is 14.9 Å². The third-order valence-corrected chi connectivity index (χ3v) is 3.94. The maximum Gasteiger partial charge on any atom is 0.413 e. The fourth-order valence-corrected chi connectivity index (χ4v) is 2.63. The zero-order valence-corrected chi connectivity index (χ0v) is 14.1. The van der Waals surface area contributed by atoms with Crippen LogP contribution in [0.1, 0.15) is 31.1 Å². The van der Waals surface area contributed by atoms with Gasteiger partial charge in [0.1, 0.15) is 5.00 Å². The van der Waals surface area contributed by atoms with Gasteiger partial charge in [0.15, 0.2) is 0 Å². The number of anilines is 1. The molecule has 0 bridgehead atoms. The van der Waals surface area contributed by atoms with Crippen molar-refractivity contribution in [1.82, 2.24) is 5.32 Å². The molecule has 1 aromatic heterocycles. The van der Waals surface area contributed by atoms with Crippen molar-refractivity contribution in [2.45, 2.75) is 0 Å². The van der Waals surface area contributed by atoms with Gasteiger partial charge in [0, 0.05) is 5.56 Å². The summed E-state index contributed by atoms with van der Waals surface area (Å²) >= 11 is 1.13. The number of ether oxygens (including phenoxy) is 2. The Morgan fingerprint density at radius 1 is 0.880 bits per heavy atom. The molecule has 1 heterocycles. The Balaban J connectivity index is 2.11. The quantitative estimate of drug-likeness (QED) is 0.807. The standard InChI is InChI=1S/C16H14N2O6S/c1-23-15(21)10-5-3-9(4-6-10)12(19)17-14-11(7-8-25-14)13(20)18-16(22)24-2/h3-8H,1-2H3,(H,17,19)(H,18,20,22). The fraction of sp³-hybridized carbons (Fsp3) is 0.125. The number of imide groups is 1. The molecular weight excluding hydrogens is 348 g/mol. The first kappa shape index (κ1) is 18.1. The lowest BCUT2D eigenvalue weighted by Crippen LogP contribution is -2.30. The summed E-state index contributed by atoms with van der Waals surface area (Å²) in [6, 6.07) is 7.31. The molecule has 0 aliphatic rings. The average Bonchev–Trinajstić information content (AvgIpc) is 3.09. The zero-order chi connectivity index (χ0) is 18.4. The van der Waals surface area contributed by atoms with Gasteiger partial charge in [-0.1, -0.05) is 0 Å². The summed E-state index contributed by atoms with van der Waals surface area (Å²) in [6.07, 6.45) is -0.896. The molecule has 0 aliphatic heterocycles. The molecule has 0 spiro atoms. The Hall–Kier alpha value is -3.20. The molecule has 2 rings (SSSR count). The number of carbonyl (C=O) groups is 4.